The Kier molecular flexibility index (Phi) is 4.05. The van der Waals surface area contributed by atoms with Crippen LogP contribution in [0.2, 0.25) is 0 Å². The number of ether oxygens (including phenoxy) is 1. The summed E-state index contributed by atoms with van der Waals surface area (Å²) in [4.78, 5) is 20.3. The Morgan fingerprint density at radius 1 is 1.39 bits per heavy atom. The quantitative estimate of drug-likeness (QED) is 0.749. The minimum atomic E-state index is -0.586. The van der Waals surface area contributed by atoms with Gasteiger partial charge >= 0.3 is 6.09 Å². The highest BCUT2D eigenvalue weighted by molar-refractivity contribution is 5.85. The standard InChI is InChI=1S/C17H16N4O2/c1-3-10-23-17(22)20-15-11-18-16-13(19-15)8-9-21(16)14-7-5-4-6-12(14)2/h3-9,11H,1,10H2,2H3,(H,19,20,22). The van der Waals surface area contributed by atoms with Crippen molar-refractivity contribution in [2.75, 3.05) is 11.9 Å². The van der Waals surface area contributed by atoms with E-state index in [-0.39, 0.29) is 6.61 Å². The maximum absolute atomic E-state index is 11.5. The molecule has 0 spiro atoms. The van der Waals surface area contributed by atoms with Gasteiger partial charge in [0.15, 0.2) is 11.5 Å². The molecular weight excluding hydrogens is 292 g/mol. The maximum Gasteiger partial charge on any atom is 0.413 e. The number of para-hydroxylation sites is 1. The summed E-state index contributed by atoms with van der Waals surface area (Å²) in [5, 5.41) is 2.54. The fourth-order valence-corrected chi connectivity index (χ4v) is 2.27. The molecule has 23 heavy (non-hydrogen) atoms. The summed E-state index contributed by atoms with van der Waals surface area (Å²) < 4.78 is 6.83. The Morgan fingerprint density at radius 3 is 3.00 bits per heavy atom. The second-order valence-electron chi connectivity index (χ2n) is 4.95. The van der Waals surface area contributed by atoms with Gasteiger partial charge in [-0.05, 0) is 24.6 Å². The first-order valence-electron chi connectivity index (χ1n) is 7.14. The molecule has 116 valence electrons. The molecule has 0 saturated heterocycles. The molecule has 6 heteroatoms. The maximum atomic E-state index is 11.5. The summed E-state index contributed by atoms with van der Waals surface area (Å²) in [6.45, 7) is 5.67. The summed E-state index contributed by atoms with van der Waals surface area (Å²) in [6.07, 6.45) is 4.33. The van der Waals surface area contributed by atoms with Gasteiger partial charge in [0.05, 0.1) is 6.20 Å². The van der Waals surface area contributed by atoms with E-state index in [4.69, 9.17) is 4.74 Å². The number of aryl methyl sites for hydroxylation is 1. The zero-order valence-corrected chi connectivity index (χ0v) is 12.7. The van der Waals surface area contributed by atoms with Gasteiger partial charge in [-0.25, -0.2) is 14.8 Å². The highest BCUT2D eigenvalue weighted by Crippen LogP contribution is 2.21. The molecule has 6 nitrogen and oxygen atoms in total. The number of hydrogen-bond acceptors (Lipinski definition) is 4. The molecule has 0 radical (unpaired) electrons. The average Bonchev–Trinajstić information content (AvgIpc) is 2.96. The number of fused-ring (bicyclic) bond motifs is 1. The van der Waals surface area contributed by atoms with Crippen LogP contribution in [0.3, 0.4) is 0 Å². The Hall–Kier alpha value is -3.15. The number of carbonyl (C=O) groups excluding carboxylic acids is 1. The van der Waals surface area contributed by atoms with Crippen LogP contribution in [0.15, 0.2) is 55.4 Å². The van der Waals surface area contributed by atoms with E-state index in [0.29, 0.717) is 11.3 Å². The van der Waals surface area contributed by atoms with Crippen LogP contribution in [0.5, 0.6) is 0 Å². The van der Waals surface area contributed by atoms with E-state index in [1.54, 1.807) is 0 Å². The molecule has 0 aliphatic heterocycles. The van der Waals surface area contributed by atoms with Gasteiger partial charge in [0.25, 0.3) is 0 Å². The molecule has 0 fully saturated rings. The number of amides is 1. The van der Waals surface area contributed by atoms with E-state index in [0.717, 1.165) is 16.9 Å². The molecule has 0 atom stereocenters. The lowest BCUT2D eigenvalue weighted by Crippen LogP contribution is -2.14. The highest BCUT2D eigenvalue weighted by atomic mass is 16.5. The first kappa shape index (κ1) is 14.8. The van der Waals surface area contributed by atoms with Crippen LogP contribution in [0.4, 0.5) is 10.6 Å². The van der Waals surface area contributed by atoms with Gasteiger partial charge in [0, 0.05) is 11.9 Å². The fraction of sp³-hybridized carbons (Fsp3) is 0.118. The third-order valence-electron chi connectivity index (χ3n) is 3.33. The predicted octanol–water partition coefficient (Wildman–Crippen LogP) is 3.46. The van der Waals surface area contributed by atoms with Crippen molar-refractivity contribution < 1.29 is 9.53 Å². The molecule has 0 aliphatic carbocycles. The van der Waals surface area contributed by atoms with Crippen molar-refractivity contribution in [1.29, 1.82) is 0 Å². The first-order chi connectivity index (χ1) is 11.2. The zero-order valence-electron chi connectivity index (χ0n) is 12.7. The molecule has 1 amide bonds. The Labute approximate surface area is 133 Å². The van der Waals surface area contributed by atoms with Crippen molar-refractivity contribution in [3.63, 3.8) is 0 Å². The van der Waals surface area contributed by atoms with Crippen LogP contribution in [-0.4, -0.2) is 27.2 Å². The zero-order chi connectivity index (χ0) is 16.2. The summed E-state index contributed by atoms with van der Waals surface area (Å²) in [5.41, 5.74) is 3.60. The number of benzene rings is 1. The van der Waals surface area contributed by atoms with Crippen LogP contribution in [0.1, 0.15) is 5.56 Å². The lowest BCUT2D eigenvalue weighted by atomic mass is 10.2. The van der Waals surface area contributed by atoms with Crippen molar-refractivity contribution in [2.24, 2.45) is 0 Å². The summed E-state index contributed by atoms with van der Waals surface area (Å²) in [6, 6.07) is 9.89. The fourth-order valence-electron chi connectivity index (χ4n) is 2.27. The average molecular weight is 308 g/mol. The van der Waals surface area contributed by atoms with Gasteiger partial charge in [0.1, 0.15) is 12.1 Å². The van der Waals surface area contributed by atoms with Crippen molar-refractivity contribution >= 4 is 23.1 Å². The van der Waals surface area contributed by atoms with Crippen molar-refractivity contribution in [3.05, 3.63) is 60.9 Å². The topological polar surface area (TPSA) is 69.0 Å². The third-order valence-corrected chi connectivity index (χ3v) is 3.33. The smallest absolute Gasteiger partial charge is 0.413 e. The molecule has 1 N–H and O–H groups in total. The summed E-state index contributed by atoms with van der Waals surface area (Å²) in [5.74, 6) is 0.342. The van der Waals surface area contributed by atoms with E-state index < -0.39 is 6.09 Å². The number of hydrogen-bond donors (Lipinski definition) is 1. The summed E-state index contributed by atoms with van der Waals surface area (Å²) in [7, 11) is 0. The van der Waals surface area contributed by atoms with Crippen molar-refractivity contribution in [3.8, 4) is 5.69 Å². The van der Waals surface area contributed by atoms with Gasteiger partial charge < -0.3 is 4.74 Å². The van der Waals surface area contributed by atoms with Gasteiger partial charge in [-0.15, -0.1) is 0 Å². The molecule has 0 saturated carbocycles. The van der Waals surface area contributed by atoms with Crippen LogP contribution in [-0.2, 0) is 4.74 Å². The molecular formula is C17H16N4O2. The minimum Gasteiger partial charge on any atom is -0.445 e. The van der Waals surface area contributed by atoms with E-state index in [2.05, 4.69) is 21.9 Å². The van der Waals surface area contributed by atoms with E-state index in [9.17, 15) is 4.79 Å². The Morgan fingerprint density at radius 2 is 2.22 bits per heavy atom. The van der Waals surface area contributed by atoms with E-state index >= 15 is 0 Å². The second kappa shape index (κ2) is 6.31. The lowest BCUT2D eigenvalue weighted by Gasteiger charge is -2.08. The Bertz CT molecular complexity index is 870. The van der Waals surface area contributed by atoms with E-state index in [1.807, 2.05) is 48.0 Å². The SMILES string of the molecule is C=CCOC(=O)Nc1cnc2c(ccn2-c2ccccc2C)n1. The van der Waals surface area contributed by atoms with Crippen molar-refractivity contribution in [1.82, 2.24) is 14.5 Å². The van der Waals surface area contributed by atoms with Crippen LogP contribution < -0.4 is 5.32 Å². The highest BCUT2D eigenvalue weighted by Gasteiger charge is 2.10. The predicted molar refractivity (Wildman–Crippen MR) is 88.8 cm³/mol. The van der Waals surface area contributed by atoms with Crippen molar-refractivity contribution in [2.45, 2.75) is 6.92 Å². The molecule has 0 unspecified atom stereocenters. The monoisotopic (exact) mass is 308 g/mol. The minimum absolute atomic E-state index is 0.144. The molecule has 0 bridgehead atoms. The number of anilines is 1. The number of rotatable bonds is 4. The largest absolute Gasteiger partial charge is 0.445 e. The molecule has 3 aromatic rings. The summed E-state index contributed by atoms with van der Waals surface area (Å²) >= 11 is 0. The molecule has 1 aromatic carbocycles. The van der Waals surface area contributed by atoms with Gasteiger partial charge in [0.2, 0.25) is 0 Å². The first-order valence-corrected chi connectivity index (χ1v) is 7.14. The lowest BCUT2D eigenvalue weighted by molar-refractivity contribution is 0.174. The van der Waals surface area contributed by atoms with Crippen LogP contribution in [0, 0.1) is 6.92 Å². The second-order valence-corrected chi connectivity index (χ2v) is 4.95. The Balaban J connectivity index is 1.90. The molecule has 2 aromatic heterocycles. The third kappa shape index (κ3) is 3.06. The normalized spacial score (nSPS) is 10.5. The molecule has 0 aliphatic rings. The number of aromatic nitrogens is 3. The van der Waals surface area contributed by atoms with Gasteiger partial charge in [-0.3, -0.25) is 9.88 Å². The van der Waals surface area contributed by atoms with Gasteiger partial charge in [-0.1, -0.05) is 30.9 Å². The molecule has 3 rings (SSSR count). The van der Waals surface area contributed by atoms with Crippen LogP contribution >= 0.6 is 0 Å². The number of nitrogens with one attached hydrogen (secondary N) is 1. The van der Waals surface area contributed by atoms with Crippen LogP contribution in [0.25, 0.3) is 16.9 Å². The van der Waals surface area contributed by atoms with Gasteiger partial charge in [-0.2, -0.15) is 0 Å². The van der Waals surface area contributed by atoms with E-state index in [1.165, 1.54) is 12.3 Å². The number of carbonyl (C=O) groups is 1. The number of nitrogens with zero attached hydrogens (tertiary/aromatic N) is 3. The molecule has 2 heterocycles.